The highest BCUT2D eigenvalue weighted by Gasteiger charge is 2.10. The zero-order valence-electron chi connectivity index (χ0n) is 9.70. The predicted molar refractivity (Wildman–Crippen MR) is 64.0 cm³/mol. The number of anilines is 1. The van der Waals surface area contributed by atoms with Gasteiger partial charge in [-0.3, -0.25) is 5.10 Å². The molecule has 0 aliphatic rings. The maximum atomic E-state index is 13.2. The number of aromatic carboxylic acids is 1. The van der Waals surface area contributed by atoms with Crippen LogP contribution in [-0.2, 0) is 6.54 Å². The zero-order chi connectivity index (χ0) is 13.1. The van der Waals surface area contributed by atoms with Gasteiger partial charge in [-0.1, -0.05) is 0 Å². The molecule has 6 heteroatoms. The number of halogens is 1. The van der Waals surface area contributed by atoms with E-state index in [2.05, 4.69) is 15.5 Å². The minimum absolute atomic E-state index is 0.344. The Hall–Kier alpha value is -2.37. The molecule has 0 saturated heterocycles. The van der Waals surface area contributed by atoms with Gasteiger partial charge in [-0.25, -0.2) is 9.18 Å². The average Bonchev–Trinajstić information content (AvgIpc) is 2.73. The fourth-order valence-corrected chi connectivity index (χ4v) is 1.55. The van der Waals surface area contributed by atoms with Crippen LogP contribution in [0, 0.1) is 12.7 Å². The number of carbonyl (C=O) groups is 1. The van der Waals surface area contributed by atoms with Gasteiger partial charge in [0.1, 0.15) is 5.82 Å². The SMILES string of the molecule is Cc1[nH]ncc1CNc1ccc(F)c(C(=O)O)c1. The molecule has 3 N–H and O–H groups in total. The van der Waals surface area contributed by atoms with Gasteiger partial charge in [-0.05, 0) is 25.1 Å². The van der Waals surface area contributed by atoms with Crippen molar-refractivity contribution in [1.29, 1.82) is 0 Å². The number of nitrogens with zero attached hydrogens (tertiary/aromatic N) is 1. The van der Waals surface area contributed by atoms with Crippen molar-refractivity contribution in [2.24, 2.45) is 0 Å². The van der Waals surface area contributed by atoms with Crippen molar-refractivity contribution in [2.75, 3.05) is 5.32 Å². The molecule has 0 fully saturated rings. The molecule has 0 bridgehead atoms. The summed E-state index contributed by atoms with van der Waals surface area (Å²) in [6, 6.07) is 3.90. The quantitative estimate of drug-likeness (QED) is 0.776. The number of aromatic nitrogens is 2. The van der Waals surface area contributed by atoms with E-state index in [0.717, 1.165) is 17.3 Å². The Balaban J connectivity index is 2.13. The van der Waals surface area contributed by atoms with Gasteiger partial charge < -0.3 is 10.4 Å². The first kappa shape index (κ1) is 12.1. The lowest BCUT2D eigenvalue weighted by molar-refractivity contribution is 0.0692. The molecule has 0 atom stereocenters. The van der Waals surface area contributed by atoms with E-state index in [4.69, 9.17) is 5.11 Å². The second-order valence-electron chi connectivity index (χ2n) is 3.87. The monoisotopic (exact) mass is 249 g/mol. The van der Waals surface area contributed by atoms with Crippen LogP contribution in [-0.4, -0.2) is 21.3 Å². The van der Waals surface area contributed by atoms with Crippen LogP contribution in [0.5, 0.6) is 0 Å². The lowest BCUT2D eigenvalue weighted by Crippen LogP contribution is -2.04. The van der Waals surface area contributed by atoms with E-state index in [1.165, 1.54) is 12.1 Å². The number of nitrogens with one attached hydrogen (secondary N) is 2. The number of carboxylic acids is 1. The number of hydrogen-bond donors (Lipinski definition) is 3. The Morgan fingerprint density at radius 3 is 2.94 bits per heavy atom. The van der Waals surface area contributed by atoms with Crippen molar-refractivity contribution in [3.05, 3.63) is 47.0 Å². The second-order valence-corrected chi connectivity index (χ2v) is 3.87. The van der Waals surface area contributed by atoms with E-state index < -0.39 is 11.8 Å². The van der Waals surface area contributed by atoms with Gasteiger partial charge in [0.2, 0.25) is 0 Å². The van der Waals surface area contributed by atoms with Gasteiger partial charge in [0.05, 0.1) is 11.8 Å². The molecular formula is C12H12FN3O2. The topological polar surface area (TPSA) is 78.0 Å². The van der Waals surface area contributed by atoms with Crippen molar-refractivity contribution in [1.82, 2.24) is 10.2 Å². The van der Waals surface area contributed by atoms with Crippen molar-refractivity contribution >= 4 is 11.7 Å². The Bertz CT molecular complexity index is 580. The standard InChI is InChI=1S/C12H12FN3O2/c1-7-8(6-15-16-7)5-14-9-2-3-11(13)10(4-9)12(17)18/h2-4,6,14H,5H2,1H3,(H,15,16)(H,17,18). The summed E-state index contributed by atoms with van der Waals surface area (Å²) in [5, 5.41) is 18.5. The fraction of sp³-hybridized carbons (Fsp3) is 0.167. The van der Waals surface area contributed by atoms with Crippen molar-refractivity contribution in [2.45, 2.75) is 13.5 Å². The summed E-state index contributed by atoms with van der Waals surface area (Å²) < 4.78 is 13.2. The lowest BCUT2D eigenvalue weighted by Gasteiger charge is -2.07. The third kappa shape index (κ3) is 2.48. The molecule has 1 aromatic carbocycles. The number of hydrogen-bond acceptors (Lipinski definition) is 3. The highest BCUT2D eigenvalue weighted by molar-refractivity contribution is 5.89. The molecule has 0 saturated carbocycles. The van der Waals surface area contributed by atoms with E-state index in [0.29, 0.717) is 12.2 Å². The van der Waals surface area contributed by atoms with Crippen molar-refractivity contribution in [3.63, 3.8) is 0 Å². The smallest absolute Gasteiger partial charge is 0.338 e. The van der Waals surface area contributed by atoms with Crippen LogP contribution < -0.4 is 5.32 Å². The highest BCUT2D eigenvalue weighted by Crippen LogP contribution is 2.16. The summed E-state index contributed by atoms with van der Waals surface area (Å²) in [6.07, 6.45) is 1.68. The maximum absolute atomic E-state index is 13.2. The third-order valence-corrected chi connectivity index (χ3v) is 2.61. The molecule has 94 valence electrons. The normalized spacial score (nSPS) is 10.3. The summed E-state index contributed by atoms with van der Waals surface area (Å²) in [5.74, 6) is -2.02. The minimum atomic E-state index is -1.28. The van der Waals surface area contributed by atoms with Crippen LogP contribution in [0.15, 0.2) is 24.4 Å². The van der Waals surface area contributed by atoms with Gasteiger partial charge in [-0.15, -0.1) is 0 Å². The Morgan fingerprint density at radius 1 is 1.56 bits per heavy atom. The molecule has 2 rings (SSSR count). The molecule has 5 nitrogen and oxygen atoms in total. The van der Waals surface area contributed by atoms with Gasteiger partial charge in [0.25, 0.3) is 0 Å². The summed E-state index contributed by atoms with van der Waals surface area (Å²) in [7, 11) is 0. The molecule has 0 amide bonds. The third-order valence-electron chi connectivity index (χ3n) is 2.61. The molecule has 18 heavy (non-hydrogen) atoms. The molecule has 1 heterocycles. The number of benzene rings is 1. The van der Waals surface area contributed by atoms with Crippen LogP contribution >= 0.6 is 0 Å². The largest absolute Gasteiger partial charge is 0.478 e. The average molecular weight is 249 g/mol. The molecule has 0 aliphatic heterocycles. The second kappa shape index (κ2) is 4.87. The first-order valence-electron chi connectivity index (χ1n) is 5.33. The molecule has 0 radical (unpaired) electrons. The van der Waals surface area contributed by atoms with Gasteiger partial charge in [-0.2, -0.15) is 5.10 Å². The number of H-pyrrole nitrogens is 1. The molecule has 0 aliphatic carbocycles. The van der Waals surface area contributed by atoms with Crippen LogP contribution in [0.4, 0.5) is 10.1 Å². The number of rotatable bonds is 4. The summed E-state index contributed by atoms with van der Waals surface area (Å²) >= 11 is 0. The fourth-order valence-electron chi connectivity index (χ4n) is 1.55. The van der Waals surface area contributed by atoms with Crippen LogP contribution in [0.1, 0.15) is 21.6 Å². The minimum Gasteiger partial charge on any atom is -0.478 e. The first-order valence-corrected chi connectivity index (χ1v) is 5.33. The van der Waals surface area contributed by atoms with Crippen molar-refractivity contribution in [3.8, 4) is 0 Å². The first-order chi connectivity index (χ1) is 8.58. The highest BCUT2D eigenvalue weighted by atomic mass is 19.1. The molecule has 1 aromatic heterocycles. The van der Waals surface area contributed by atoms with Crippen LogP contribution in [0.25, 0.3) is 0 Å². The van der Waals surface area contributed by atoms with Gasteiger partial charge in [0.15, 0.2) is 0 Å². The Kier molecular flexibility index (Phi) is 3.27. The van der Waals surface area contributed by atoms with Gasteiger partial charge >= 0.3 is 5.97 Å². The number of carboxylic acid groups (broad SMARTS) is 1. The Morgan fingerprint density at radius 2 is 2.33 bits per heavy atom. The van der Waals surface area contributed by atoms with Crippen LogP contribution in [0.2, 0.25) is 0 Å². The zero-order valence-corrected chi connectivity index (χ0v) is 9.70. The Labute approximate surface area is 103 Å². The summed E-state index contributed by atoms with van der Waals surface area (Å²) in [6.45, 7) is 2.38. The van der Waals surface area contributed by atoms with Crippen molar-refractivity contribution < 1.29 is 14.3 Å². The summed E-state index contributed by atoms with van der Waals surface area (Å²) in [4.78, 5) is 10.8. The molecule has 0 unspecified atom stereocenters. The number of aromatic amines is 1. The number of aryl methyl sites for hydroxylation is 1. The summed E-state index contributed by atoms with van der Waals surface area (Å²) in [5.41, 5.74) is 2.11. The predicted octanol–water partition coefficient (Wildman–Crippen LogP) is 2.17. The molecule has 2 aromatic rings. The lowest BCUT2D eigenvalue weighted by atomic mass is 10.2. The van der Waals surface area contributed by atoms with E-state index in [1.54, 1.807) is 6.20 Å². The molecular weight excluding hydrogens is 237 g/mol. The van der Waals surface area contributed by atoms with E-state index in [9.17, 15) is 9.18 Å². The van der Waals surface area contributed by atoms with Gasteiger partial charge in [0, 0.05) is 23.5 Å². The van der Waals surface area contributed by atoms with E-state index in [1.807, 2.05) is 6.92 Å². The van der Waals surface area contributed by atoms with Crippen LogP contribution in [0.3, 0.4) is 0 Å². The van der Waals surface area contributed by atoms with E-state index >= 15 is 0 Å². The van der Waals surface area contributed by atoms with E-state index in [-0.39, 0.29) is 5.56 Å². The maximum Gasteiger partial charge on any atom is 0.338 e. The molecule has 0 spiro atoms.